The summed E-state index contributed by atoms with van der Waals surface area (Å²) in [6, 6.07) is 11.5. The summed E-state index contributed by atoms with van der Waals surface area (Å²) >= 11 is 5.77. The minimum Gasteiger partial charge on any atom is -0.326 e. The second-order valence-electron chi connectivity index (χ2n) is 11.3. The average Bonchev–Trinajstić information content (AvgIpc) is 3.65. The number of unbranched alkanes of at least 4 members (excludes halogenated alkanes) is 1. The number of hydrogen-bond acceptors (Lipinski definition) is 6. The van der Waals surface area contributed by atoms with Crippen LogP contribution in [0.1, 0.15) is 68.7 Å². The van der Waals surface area contributed by atoms with Gasteiger partial charge in [0.05, 0.1) is 28.4 Å². The zero-order chi connectivity index (χ0) is 28.9. The van der Waals surface area contributed by atoms with E-state index in [1.54, 1.807) is 30.7 Å². The molecule has 1 N–H and O–H groups in total. The number of imidazole rings is 1. The van der Waals surface area contributed by atoms with Crippen molar-refractivity contribution < 1.29 is 9.59 Å². The van der Waals surface area contributed by atoms with Crippen LogP contribution in [0, 0.1) is 24.7 Å². The molecule has 1 aliphatic heterocycles. The van der Waals surface area contributed by atoms with Gasteiger partial charge in [-0.1, -0.05) is 69.1 Å². The van der Waals surface area contributed by atoms with Crippen LogP contribution in [0.15, 0.2) is 66.3 Å². The number of thiocarbonyl (C=S) groups is 1. The highest BCUT2D eigenvalue weighted by atomic mass is 32.1. The maximum absolute atomic E-state index is 14.1. The average molecular weight is 571 g/mol. The molecule has 1 aromatic carbocycles. The molecule has 0 saturated heterocycles. The fraction of sp³-hybridized carbons (Fsp3) is 0.438. The molecule has 5 rings (SSSR count). The lowest BCUT2D eigenvalue weighted by Crippen LogP contribution is -2.49. The predicted molar refractivity (Wildman–Crippen MR) is 165 cm³/mol. The van der Waals surface area contributed by atoms with Gasteiger partial charge in [-0.3, -0.25) is 14.6 Å². The molecular weight excluding hydrogens is 532 g/mol. The SMILES string of the molecule is CCCC[C@H](CC(=S)n1ccnc1)[C@@H](CC1CC1)C(=O)NC1N=C(c2ccc(C)cn2)c2ccccc2N(C)C1=O. The number of carbonyl (C=O) groups excluding carboxylic acids is 2. The zero-order valence-electron chi connectivity index (χ0n) is 24.0. The number of benzodiazepines with no additional fused rings is 1. The first-order chi connectivity index (χ1) is 19.9. The Bertz CT molecular complexity index is 1410. The van der Waals surface area contributed by atoms with Crippen molar-refractivity contribution in [2.45, 2.75) is 65.0 Å². The van der Waals surface area contributed by atoms with E-state index < -0.39 is 6.17 Å². The van der Waals surface area contributed by atoms with Gasteiger partial charge in [0.1, 0.15) is 0 Å². The molecule has 0 radical (unpaired) electrons. The van der Waals surface area contributed by atoms with Gasteiger partial charge in [-0.2, -0.15) is 0 Å². The molecule has 0 bridgehead atoms. The van der Waals surface area contributed by atoms with E-state index in [1.165, 1.54) is 0 Å². The Morgan fingerprint density at radius 2 is 2.00 bits per heavy atom. The number of nitrogens with one attached hydrogen (secondary N) is 1. The molecule has 1 fully saturated rings. The number of benzene rings is 1. The van der Waals surface area contributed by atoms with Crippen LogP contribution in [0.2, 0.25) is 0 Å². The van der Waals surface area contributed by atoms with E-state index >= 15 is 0 Å². The van der Waals surface area contributed by atoms with Crippen molar-refractivity contribution in [3.8, 4) is 0 Å². The number of rotatable bonds is 11. The normalized spacial score (nSPS) is 18.2. The number of aromatic nitrogens is 3. The largest absolute Gasteiger partial charge is 0.326 e. The molecule has 0 spiro atoms. The summed E-state index contributed by atoms with van der Waals surface area (Å²) in [7, 11) is 1.73. The highest BCUT2D eigenvalue weighted by molar-refractivity contribution is 7.80. The second-order valence-corrected chi connectivity index (χ2v) is 11.8. The molecule has 9 heteroatoms. The lowest BCUT2D eigenvalue weighted by Gasteiger charge is -2.29. The number of nitrogens with zero attached hydrogens (tertiary/aromatic N) is 5. The van der Waals surface area contributed by atoms with Gasteiger partial charge in [-0.05, 0) is 49.3 Å². The molecule has 3 atom stereocenters. The smallest absolute Gasteiger partial charge is 0.272 e. The van der Waals surface area contributed by atoms with Crippen molar-refractivity contribution in [3.63, 3.8) is 0 Å². The summed E-state index contributed by atoms with van der Waals surface area (Å²) in [5.41, 5.74) is 3.82. The number of pyridine rings is 1. The standard InChI is InChI=1S/C32H38N6O2S/c1-4-5-8-23(18-28(41)38-16-15-33-20-38)25(17-22-12-13-22)31(39)36-30-32(40)37(3)27-10-7-6-9-24(27)29(35-30)26-14-11-21(2)19-34-26/h6-7,9-11,14-16,19-20,22-23,25,30H,4-5,8,12-13,17-18H2,1-3H3,(H,36,39)/t23-,25-,30?/m1/s1. The molecule has 1 aliphatic carbocycles. The van der Waals surface area contributed by atoms with Crippen molar-refractivity contribution in [3.05, 3.63) is 78.1 Å². The second kappa shape index (κ2) is 12.9. The van der Waals surface area contributed by atoms with Crippen molar-refractivity contribution in [2.24, 2.45) is 22.7 Å². The van der Waals surface area contributed by atoms with Gasteiger partial charge >= 0.3 is 0 Å². The number of aliphatic imine (C=N–C) groups is 1. The van der Waals surface area contributed by atoms with E-state index in [0.717, 1.165) is 60.3 Å². The Hall–Kier alpha value is -3.72. The number of anilines is 1. The summed E-state index contributed by atoms with van der Waals surface area (Å²) in [5.74, 6) is -0.0932. The van der Waals surface area contributed by atoms with Gasteiger partial charge in [-0.25, -0.2) is 9.98 Å². The number of carbonyl (C=O) groups is 2. The van der Waals surface area contributed by atoms with Gasteiger partial charge in [-0.15, -0.1) is 0 Å². The van der Waals surface area contributed by atoms with Crippen molar-refractivity contribution in [2.75, 3.05) is 11.9 Å². The van der Waals surface area contributed by atoms with E-state index in [2.05, 4.69) is 22.2 Å². The van der Waals surface area contributed by atoms with Crippen LogP contribution >= 0.6 is 12.2 Å². The molecule has 3 aromatic rings. The highest BCUT2D eigenvalue weighted by Crippen LogP contribution is 2.40. The minimum absolute atomic E-state index is 0.0588. The van der Waals surface area contributed by atoms with Crippen LogP contribution in [0.25, 0.3) is 0 Å². The first-order valence-electron chi connectivity index (χ1n) is 14.5. The van der Waals surface area contributed by atoms with Gasteiger partial charge < -0.3 is 14.8 Å². The molecular formula is C32H38N6O2S. The van der Waals surface area contributed by atoms with Crippen LogP contribution in [0.5, 0.6) is 0 Å². The number of amides is 2. The van der Waals surface area contributed by atoms with Gasteiger partial charge in [0.2, 0.25) is 12.1 Å². The summed E-state index contributed by atoms with van der Waals surface area (Å²) in [5, 5.41) is 3.08. The highest BCUT2D eigenvalue weighted by Gasteiger charge is 2.38. The fourth-order valence-electron chi connectivity index (χ4n) is 5.54. The van der Waals surface area contributed by atoms with Crippen LogP contribution in [0.3, 0.4) is 0 Å². The fourth-order valence-corrected chi connectivity index (χ4v) is 5.87. The summed E-state index contributed by atoms with van der Waals surface area (Å²) in [4.78, 5) is 43.9. The number of aryl methyl sites for hydroxylation is 1. The van der Waals surface area contributed by atoms with E-state index in [1.807, 2.05) is 54.1 Å². The summed E-state index contributed by atoms with van der Waals surface area (Å²) in [6.07, 6.45) is 12.6. The summed E-state index contributed by atoms with van der Waals surface area (Å²) in [6.45, 7) is 4.14. The molecule has 214 valence electrons. The Morgan fingerprint density at radius 1 is 1.20 bits per heavy atom. The molecule has 2 aliphatic rings. The van der Waals surface area contributed by atoms with Crippen molar-refractivity contribution >= 4 is 40.4 Å². The molecule has 8 nitrogen and oxygen atoms in total. The monoisotopic (exact) mass is 570 g/mol. The first kappa shape index (κ1) is 28.8. The quantitative estimate of drug-likeness (QED) is 0.315. The van der Waals surface area contributed by atoms with Gasteiger partial charge in [0.15, 0.2) is 0 Å². The zero-order valence-corrected chi connectivity index (χ0v) is 24.8. The number of para-hydroxylation sites is 1. The third-order valence-electron chi connectivity index (χ3n) is 8.12. The maximum atomic E-state index is 14.1. The van der Waals surface area contributed by atoms with Crippen molar-refractivity contribution in [1.29, 1.82) is 0 Å². The van der Waals surface area contributed by atoms with E-state index in [-0.39, 0.29) is 23.7 Å². The number of fused-ring (bicyclic) bond motifs is 1. The molecule has 41 heavy (non-hydrogen) atoms. The Labute approximate surface area is 247 Å². The topological polar surface area (TPSA) is 92.5 Å². The molecule has 2 amide bonds. The van der Waals surface area contributed by atoms with Crippen molar-refractivity contribution in [1.82, 2.24) is 19.9 Å². The van der Waals surface area contributed by atoms with E-state index in [9.17, 15) is 9.59 Å². The van der Waals surface area contributed by atoms with E-state index in [4.69, 9.17) is 17.2 Å². The summed E-state index contributed by atoms with van der Waals surface area (Å²) < 4.78 is 1.85. The molecule has 3 heterocycles. The van der Waals surface area contributed by atoms with Crippen LogP contribution in [-0.4, -0.2) is 50.3 Å². The Kier molecular flexibility index (Phi) is 9.03. The van der Waals surface area contributed by atoms with E-state index in [0.29, 0.717) is 23.7 Å². The predicted octanol–water partition coefficient (Wildman–Crippen LogP) is 5.33. The molecule has 2 aromatic heterocycles. The third kappa shape index (κ3) is 6.78. The molecule has 1 saturated carbocycles. The third-order valence-corrected chi connectivity index (χ3v) is 8.50. The number of likely N-dealkylation sites (N-methyl/N-ethyl adjacent to an activating group) is 1. The van der Waals surface area contributed by atoms with Crippen LogP contribution < -0.4 is 10.2 Å². The van der Waals surface area contributed by atoms with Gasteiger partial charge in [0.25, 0.3) is 5.91 Å². The Balaban J connectivity index is 1.46. The Morgan fingerprint density at radius 3 is 2.68 bits per heavy atom. The maximum Gasteiger partial charge on any atom is 0.272 e. The van der Waals surface area contributed by atoms with Crippen LogP contribution in [0.4, 0.5) is 5.69 Å². The molecule has 1 unspecified atom stereocenters. The minimum atomic E-state index is -1.06. The lowest BCUT2D eigenvalue weighted by atomic mass is 9.81. The first-order valence-corrected chi connectivity index (χ1v) is 15.0. The lowest BCUT2D eigenvalue weighted by molar-refractivity contribution is -0.131. The van der Waals surface area contributed by atoms with Crippen LogP contribution in [-0.2, 0) is 9.59 Å². The number of hydrogen-bond donors (Lipinski definition) is 1. The van der Waals surface area contributed by atoms with Gasteiger partial charge in [0, 0.05) is 43.5 Å².